The fraction of sp³-hybridized carbons (Fsp3) is 0.176. The van der Waals surface area contributed by atoms with Crippen LogP contribution in [0.3, 0.4) is 0 Å². The van der Waals surface area contributed by atoms with Gasteiger partial charge in [0.25, 0.3) is 0 Å². The van der Waals surface area contributed by atoms with E-state index in [2.05, 4.69) is 18.0 Å². The largest absolute Gasteiger partial charge is 0.489 e. The van der Waals surface area contributed by atoms with Gasteiger partial charge in [0.2, 0.25) is 0 Å². The van der Waals surface area contributed by atoms with Crippen molar-refractivity contribution in [3.63, 3.8) is 0 Å². The van der Waals surface area contributed by atoms with Gasteiger partial charge in [0.15, 0.2) is 0 Å². The van der Waals surface area contributed by atoms with Gasteiger partial charge in [-0.05, 0) is 24.3 Å². The molecule has 0 spiro atoms. The van der Waals surface area contributed by atoms with Crippen LogP contribution in [0.15, 0.2) is 61.2 Å². The SMILES string of the molecule is C=CCOc1ccccc1C[NH2+]Cc1ccc(F)cc1. The molecule has 2 rings (SSSR count). The number of ether oxygens (including phenoxy) is 1. The summed E-state index contributed by atoms with van der Waals surface area (Å²) in [6.45, 7) is 5.80. The Hall–Kier alpha value is -2.13. The lowest BCUT2D eigenvalue weighted by Gasteiger charge is -2.09. The Labute approximate surface area is 118 Å². The van der Waals surface area contributed by atoms with Gasteiger partial charge in [-0.1, -0.05) is 36.9 Å². The molecule has 0 saturated carbocycles. The third kappa shape index (κ3) is 4.21. The predicted octanol–water partition coefficient (Wildman–Crippen LogP) is 2.65. The maximum absolute atomic E-state index is 12.8. The lowest BCUT2D eigenvalue weighted by atomic mass is 10.2. The Kier molecular flexibility index (Phi) is 5.33. The summed E-state index contributed by atoms with van der Waals surface area (Å²) in [5.74, 6) is 0.694. The summed E-state index contributed by atoms with van der Waals surface area (Å²) in [5, 5.41) is 2.17. The maximum Gasteiger partial charge on any atom is 0.128 e. The van der Waals surface area contributed by atoms with Gasteiger partial charge in [-0.3, -0.25) is 0 Å². The fourth-order valence-electron chi connectivity index (χ4n) is 1.98. The summed E-state index contributed by atoms with van der Waals surface area (Å²) in [6, 6.07) is 14.6. The lowest BCUT2D eigenvalue weighted by molar-refractivity contribution is -0.686. The third-order valence-corrected chi connectivity index (χ3v) is 2.99. The first kappa shape index (κ1) is 14.3. The molecule has 3 heteroatoms. The number of hydrogen-bond acceptors (Lipinski definition) is 1. The van der Waals surface area contributed by atoms with E-state index in [0.717, 1.165) is 30.0 Å². The van der Waals surface area contributed by atoms with E-state index in [-0.39, 0.29) is 5.82 Å². The van der Waals surface area contributed by atoms with E-state index in [0.29, 0.717) is 6.61 Å². The summed E-state index contributed by atoms with van der Waals surface area (Å²) in [4.78, 5) is 0. The van der Waals surface area contributed by atoms with Gasteiger partial charge < -0.3 is 10.1 Å². The molecule has 2 nitrogen and oxygen atoms in total. The molecule has 0 unspecified atom stereocenters. The van der Waals surface area contributed by atoms with E-state index in [1.165, 1.54) is 12.1 Å². The van der Waals surface area contributed by atoms with Crippen LogP contribution in [0, 0.1) is 5.82 Å². The molecule has 0 saturated heterocycles. The Morgan fingerprint density at radius 2 is 1.80 bits per heavy atom. The summed E-state index contributed by atoms with van der Waals surface area (Å²) in [5.41, 5.74) is 2.26. The van der Waals surface area contributed by atoms with Crippen LogP contribution in [0.1, 0.15) is 11.1 Å². The van der Waals surface area contributed by atoms with Crippen LogP contribution in [-0.2, 0) is 13.1 Å². The van der Waals surface area contributed by atoms with Crippen LogP contribution in [0.5, 0.6) is 5.75 Å². The highest BCUT2D eigenvalue weighted by Gasteiger charge is 2.04. The Bertz CT molecular complexity index is 551. The molecule has 0 fully saturated rings. The molecular formula is C17H19FNO+. The molecule has 0 aliphatic carbocycles. The first-order valence-electron chi connectivity index (χ1n) is 6.67. The van der Waals surface area contributed by atoms with Crippen molar-refractivity contribution < 1.29 is 14.4 Å². The summed E-state index contributed by atoms with van der Waals surface area (Å²) in [6.07, 6.45) is 1.74. The van der Waals surface area contributed by atoms with Gasteiger partial charge in [-0.2, -0.15) is 0 Å². The highest BCUT2D eigenvalue weighted by Crippen LogP contribution is 2.16. The summed E-state index contributed by atoms with van der Waals surface area (Å²) < 4.78 is 18.4. The molecule has 2 aromatic carbocycles. The van der Waals surface area contributed by atoms with E-state index in [4.69, 9.17) is 4.74 Å². The molecule has 0 aromatic heterocycles. The van der Waals surface area contributed by atoms with Gasteiger partial charge in [-0.25, -0.2) is 4.39 Å². The van der Waals surface area contributed by atoms with E-state index in [1.54, 1.807) is 6.08 Å². The second-order valence-corrected chi connectivity index (χ2v) is 4.53. The zero-order valence-corrected chi connectivity index (χ0v) is 11.4. The second-order valence-electron chi connectivity index (χ2n) is 4.53. The Morgan fingerprint density at radius 1 is 1.05 bits per heavy atom. The lowest BCUT2D eigenvalue weighted by Crippen LogP contribution is -2.80. The Morgan fingerprint density at radius 3 is 2.55 bits per heavy atom. The van der Waals surface area contributed by atoms with E-state index in [9.17, 15) is 4.39 Å². The first-order chi connectivity index (χ1) is 9.79. The molecule has 0 radical (unpaired) electrons. The van der Waals surface area contributed by atoms with E-state index < -0.39 is 0 Å². The van der Waals surface area contributed by atoms with Crippen molar-refractivity contribution >= 4 is 0 Å². The molecule has 0 atom stereocenters. The van der Waals surface area contributed by atoms with Crippen LogP contribution in [0.25, 0.3) is 0 Å². The number of rotatable bonds is 7. The topological polar surface area (TPSA) is 25.8 Å². The van der Waals surface area contributed by atoms with Crippen molar-refractivity contribution in [1.29, 1.82) is 0 Å². The molecule has 20 heavy (non-hydrogen) atoms. The summed E-state index contributed by atoms with van der Waals surface area (Å²) >= 11 is 0. The first-order valence-corrected chi connectivity index (χ1v) is 6.67. The third-order valence-electron chi connectivity index (χ3n) is 2.99. The van der Waals surface area contributed by atoms with E-state index >= 15 is 0 Å². The van der Waals surface area contributed by atoms with Gasteiger partial charge in [0.05, 0.1) is 0 Å². The number of quaternary nitrogens is 1. The standard InChI is InChI=1S/C17H18FNO/c1-2-11-20-17-6-4-3-5-15(17)13-19-12-14-7-9-16(18)10-8-14/h2-10,19H,1,11-13H2/p+1. The predicted molar refractivity (Wildman–Crippen MR) is 77.9 cm³/mol. The smallest absolute Gasteiger partial charge is 0.128 e. The van der Waals surface area contributed by atoms with Gasteiger partial charge >= 0.3 is 0 Å². The second kappa shape index (κ2) is 7.46. The highest BCUT2D eigenvalue weighted by molar-refractivity contribution is 5.32. The monoisotopic (exact) mass is 272 g/mol. The number of para-hydroxylation sites is 1. The average Bonchev–Trinajstić information content (AvgIpc) is 2.48. The number of hydrogen-bond donors (Lipinski definition) is 1. The van der Waals surface area contributed by atoms with Crippen molar-refractivity contribution in [2.75, 3.05) is 6.61 Å². The molecule has 0 amide bonds. The zero-order valence-electron chi connectivity index (χ0n) is 11.4. The minimum absolute atomic E-state index is 0.197. The Balaban J connectivity index is 1.90. The molecule has 0 aliphatic heterocycles. The quantitative estimate of drug-likeness (QED) is 0.770. The normalized spacial score (nSPS) is 10.2. The minimum atomic E-state index is -0.197. The van der Waals surface area contributed by atoms with Crippen molar-refractivity contribution in [2.45, 2.75) is 13.1 Å². The maximum atomic E-state index is 12.8. The van der Waals surface area contributed by atoms with Crippen molar-refractivity contribution in [3.05, 3.63) is 78.1 Å². The van der Waals surface area contributed by atoms with Gasteiger partial charge in [0, 0.05) is 11.1 Å². The molecule has 0 heterocycles. The molecule has 0 bridgehead atoms. The highest BCUT2D eigenvalue weighted by atomic mass is 19.1. The number of benzene rings is 2. The van der Waals surface area contributed by atoms with Crippen LogP contribution in [0.4, 0.5) is 4.39 Å². The summed E-state index contributed by atoms with van der Waals surface area (Å²) in [7, 11) is 0. The fourth-order valence-corrected chi connectivity index (χ4v) is 1.98. The van der Waals surface area contributed by atoms with E-state index in [1.807, 2.05) is 30.3 Å². The number of halogens is 1. The van der Waals surface area contributed by atoms with Crippen molar-refractivity contribution in [2.24, 2.45) is 0 Å². The molecule has 2 N–H and O–H groups in total. The zero-order chi connectivity index (χ0) is 14.2. The van der Waals surface area contributed by atoms with Crippen LogP contribution < -0.4 is 10.1 Å². The number of nitrogens with two attached hydrogens (primary N) is 1. The average molecular weight is 272 g/mol. The molecule has 2 aromatic rings. The van der Waals surface area contributed by atoms with Gasteiger partial charge in [-0.15, -0.1) is 0 Å². The van der Waals surface area contributed by atoms with Gasteiger partial charge in [0.1, 0.15) is 31.3 Å². The van der Waals surface area contributed by atoms with Crippen LogP contribution in [-0.4, -0.2) is 6.61 Å². The van der Waals surface area contributed by atoms with Crippen LogP contribution in [0.2, 0.25) is 0 Å². The molecule has 104 valence electrons. The van der Waals surface area contributed by atoms with Crippen LogP contribution >= 0.6 is 0 Å². The molecule has 0 aliphatic rings. The van der Waals surface area contributed by atoms with Crippen molar-refractivity contribution in [1.82, 2.24) is 0 Å². The molecular weight excluding hydrogens is 253 g/mol. The van der Waals surface area contributed by atoms with Crippen molar-refractivity contribution in [3.8, 4) is 5.75 Å². The minimum Gasteiger partial charge on any atom is -0.489 e.